The molecule has 1 amide bonds. The SMILES string of the molecule is CCCC(NC(=O)c1cccc(C)c1)/C(N)=N/O. The van der Waals surface area contributed by atoms with Crippen LogP contribution < -0.4 is 11.1 Å². The minimum Gasteiger partial charge on any atom is -0.409 e. The van der Waals surface area contributed by atoms with E-state index in [-0.39, 0.29) is 11.7 Å². The quantitative estimate of drug-likeness (QED) is 0.321. The largest absolute Gasteiger partial charge is 0.409 e. The molecule has 1 rings (SSSR count). The molecule has 0 aliphatic heterocycles. The van der Waals surface area contributed by atoms with Gasteiger partial charge in [0.15, 0.2) is 5.84 Å². The van der Waals surface area contributed by atoms with E-state index in [1.165, 1.54) is 0 Å². The highest BCUT2D eigenvalue weighted by Gasteiger charge is 2.16. The van der Waals surface area contributed by atoms with Gasteiger partial charge >= 0.3 is 0 Å². The summed E-state index contributed by atoms with van der Waals surface area (Å²) in [6.45, 7) is 3.89. The summed E-state index contributed by atoms with van der Waals surface area (Å²) in [6.07, 6.45) is 1.46. The number of hydrogen-bond donors (Lipinski definition) is 3. The van der Waals surface area contributed by atoms with Gasteiger partial charge in [0, 0.05) is 5.56 Å². The van der Waals surface area contributed by atoms with Crippen LogP contribution in [0.15, 0.2) is 29.4 Å². The van der Waals surface area contributed by atoms with E-state index in [0.29, 0.717) is 12.0 Å². The van der Waals surface area contributed by atoms with Gasteiger partial charge in [-0.05, 0) is 25.5 Å². The zero-order valence-corrected chi connectivity index (χ0v) is 10.7. The number of nitrogens with two attached hydrogens (primary N) is 1. The van der Waals surface area contributed by atoms with E-state index >= 15 is 0 Å². The monoisotopic (exact) mass is 249 g/mol. The van der Waals surface area contributed by atoms with Crippen molar-refractivity contribution in [2.24, 2.45) is 10.9 Å². The molecule has 0 spiro atoms. The topological polar surface area (TPSA) is 87.7 Å². The highest BCUT2D eigenvalue weighted by Crippen LogP contribution is 2.05. The van der Waals surface area contributed by atoms with Crippen LogP contribution in [0.5, 0.6) is 0 Å². The standard InChI is InChI=1S/C13H19N3O2/c1-3-5-11(12(14)16-18)15-13(17)10-7-4-6-9(2)8-10/h4,6-8,11,18H,3,5H2,1-2H3,(H2,14,16)(H,15,17). The van der Waals surface area contributed by atoms with E-state index in [9.17, 15) is 4.79 Å². The Balaban J connectivity index is 2.78. The van der Waals surface area contributed by atoms with E-state index in [0.717, 1.165) is 12.0 Å². The van der Waals surface area contributed by atoms with Crippen LogP contribution in [0.4, 0.5) is 0 Å². The number of amidine groups is 1. The summed E-state index contributed by atoms with van der Waals surface area (Å²) in [7, 11) is 0. The smallest absolute Gasteiger partial charge is 0.251 e. The van der Waals surface area contributed by atoms with Crippen LogP contribution in [0.1, 0.15) is 35.7 Å². The van der Waals surface area contributed by atoms with Gasteiger partial charge in [0.25, 0.3) is 5.91 Å². The first kappa shape index (κ1) is 14.0. The number of rotatable bonds is 5. The molecule has 0 aliphatic carbocycles. The van der Waals surface area contributed by atoms with Gasteiger partial charge in [-0.15, -0.1) is 0 Å². The second-order valence-corrected chi connectivity index (χ2v) is 4.21. The van der Waals surface area contributed by atoms with Crippen molar-refractivity contribution in [1.29, 1.82) is 0 Å². The van der Waals surface area contributed by atoms with Crippen LogP contribution in [0.2, 0.25) is 0 Å². The van der Waals surface area contributed by atoms with Crippen molar-refractivity contribution in [3.63, 3.8) is 0 Å². The van der Waals surface area contributed by atoms with Crippen molar-refractivity contribution in [3.8, 4) is 0 Å². The van der Waals surface area contributed by atoms with Gasteiger partial charge in [-0.25, -0.2) is 0 Å². The maximum absolute atomic E-state index is 12.0. The first-order chi connectivity index (χ1) is 8.58. The molecule has 18 heavy (non-hydrogen) atoms. The summed E-state index contributed by atoms with van der Waals surface area (Å²) < 4.78 is 0. The van der Waals surface area contributed by atoms with Crippen molar-refractivity contribution in [3.05, 3.63) is 35.4 Å². The molecule has 0 aromatic heterocycles. The van der Waals surface area contributed by atoms with Crippen molar-refractivity contribution < 1.29 is 10.0 Å². The molecule has 0 bridgehead atoms. The Kier molecular flexibility index (Phi) is 5.17. The number of aryl methyl sites for hydroxylation is 1. The van der Waals surface area contributed by atoms with Crippen LogP contribution in [0, 0.1) is 6.92 Å². The number of oxime groups is 1. The summed E-state index contributed by atoms with van der Waals surface area (Å²) in [5.74, 6) is -0.193. The van der Waals surface area contributed by atoms with Crippen LogP contribution in [0.3, 0.4) is 0 Å². The summed E-state index contributed by atoms with van der Waals surface area (Å²) >= 11 is 0. The fourth-order valence-electron chi connectivity index (χ4n) is 1.68. The van der Waals surface area contributed by atoms with Gasteiger partial charge in [0.2, 0.25) is 0 Å². The summed E-state index contributed by atoms with van der Waals surface area (Å²) in [6, 6.07) is 6.84. The lowest BCUT2D eigenvalue weighted by atomic mass is 10.1. The van der Waals surface area contributed by atoms with Crippen LogP contribution in [-0.2, 0) is 0 Å². The van der Waals surface area contributed by atoms with Gasteiger partial charge in [-0.2, -0.15) is 0 Å². The number of nitrogens with one attached hydrogen (secondary N) is 1. The molecular formula is C13H19N3O2. The third kappa shape index (κ3) is 3.76. The van der Waals surface area contributed by atoms with Gasteiger partial charge in [-0.3, -0.25) is 4.79 Å². The fraction of sp³-hybridized carbons (Fsp3) is 0.385. The molecular weight excluding hydrogens is 230 g/mol. The molecule has 1 aromatic carbocycles. The summed E-state index contributed by atoms with van der Waals surface area (Å²) in [4.78, 5) is 12.0. The average Bonchev–Trinajstić information content (AvgIpc) is 2.37. The number of benzene rings is 1. The van der Waals surface area contributed by atoms with Crippen LogP contribution in [-0.4, -0.2) is 23.0 Å². The second-order valence-electron chi connectivity index (χ2n) is 4.21. The second kappa shape index (κ2) is 6.64. The van der Waals surface area contributed by atoms with E-state index in [1.54, 1.807) is 12.1 Å². The van der Waals surface area contributed by atoms with E-state index < -0.39 is 6.04 Å². The molecule has 5 nitrogen and oxygen atoms in total. The molecule has 5 heteroatoms. The lowest BCUT2D eigenvalue weighted by molar-refractivity contribution is 0.0944. The zero-order valence-electron chi connectivity index (χ0n) is 10.7. The molecule has 0 heterocycles. The molecule has 0 fully saturated rings. The lowest BCUT2D eigenvalue weighted by Crippen LogP contribution is -2.44. The first-order valence-electron chi connectivity index (χ1n) is 5.93. The van der Waals surface area contributed by atoms with Gasteiger partial charge < -0.3 is 16.3 Å². The molecule has 0 saturated carbocycles. The average molecular weight is 249 g/mol. The number of carbonyl (C=O) groups is 1. The highest BCUT2D eigenvalue weighted by atomic mass is 16.4. The van der Waals surface area contributed by atoms with Gasteiger partial charge in [0.1, 0.15) is 0 Å². The predicted octanol–water partition coefficient (Wildman–Crippen LogP) is 1.64. The minimum absolute atomic E-state index is 0.0258. The summed E-state index contributed by atoms with van der Waals surface area (Å²) in [5, 5.41) is 14.4. The zero-order chi connectivity index (χ0) is 13.5. The Bertz CT molecular complexity index is 444. The van der Waals surface area contributed by atoms with Crippen molar-refractivity contribution in [1.82, 2.24) is 5.32 Å². The Morgan fingerprint density at radius 2 is 2.28 bits per heavy atom. The molecule has 98 valence electrons. The van der Waals surface area contributed by atoms with Crippen molar-refractivity contribution in [2.75, 3.05) is 0 Å². The van der Waals surface area contributed by atoms with E-state index in [4.69, 9.17) is 10.9 Å². The third-order valence-corrected chi connectivity index (χ3v) is 2.64. The number of carbonyl (C=O) groups excluding carboxylic acids is 1. The molecule has 1 unspecified atom stereocenters. The first-order valence-corrected chi connectivity index (χ1v) is 5.93. The molecule has 0 saturated heterocycles. The lowest BCUT2D eigenvalue weighted by Gasteiger charge is -2.16. The molecule has 1 aromatic rings. The maximum Gasteiger partial charge on any atom is 0.251 e. The maximum atomic E-state index is 12.0. The normalized spacial score (nSPS) is 13.1. The molecule has 0 radical (unpaired) electrons. The van der Waals surface area contributed by atoms with Crippen molar-refractivity contribution in [2.45, 2.75) is 32.7 Å². The van der Waals surface area contributed by atoms with Gasteiger partial charge in [0.05, 0.1) is 6.04 Å². The number of nitrogens with zero attached hydrogens (tertiary/aromatic N) is 1. The highest BCUT2D eigenvalue weighted by molar-refractivity contribution is 5.98. The van der Waals surface area contributed by atoms with Gasteiger partial charge in [-0.1, -0.05) is 36.2 Å². The Morgan fingerprint density at radius 1 is 1.56 bits per heavy atom. The Morgan fingerprint density at radius 3 is 2.83 bits per heavy atom. The fourth-order valence-corrected chi connectivity index (χ4v) is 1.68. The Hall–Kier alpha value is -2.04. The van der Waals surface area contributed by atoms with Crippen LogP contribution >= 0.6 is 0 Å². The van der Waals surface area contributed by atoms with Crippen LogP contribution in [0.25, 0.3) is 0 Å². The van der Waals surface area contributed by atoms with E-state index in [2.05, 4.69) is 10.5 Å². The minimum atomic E-state index is -0.437. The Labute approximate surface area is 107 Å². The predicted molar refractivity (Wildman–Crippen MR) is 70.8 cm³/mol. The van der Waals surface area contributed by atoms with Crippen molar-refractivity contribution >= 4 is 11.7 Å². The molecule has 1 atom stereocenters. The molecule has 0 aliphatic rings. The number of hydrogen-bond acceptors (Lipinski definition) is 3. The third-order valence-electron chi connectivity index (χ3n) is 2.64. The summed E-state index contributed by atoms with van der Waals surface area (Å²) in [5.41, 5.74) is 7.13. The molecule has 4 N–H and O–H groups in total. The number of amides is 1. The van der Waals surface area contributed by atoms with E-state index in [1.807, 2.05) is 26.0 Å².